The first-order valence-electron chi connectivity index (χ1n) is 11.2. The lowest BCUT2D eigenvalue weighted by Crippen LogP contribution is -2.15. The van der Waals surface area contributed by atoms with E-state index in [1.54, 1.807) is 0 Å². The lowest BCUT2D eigenvalue weighted by Gasteiger charge is -2.23. The van der Waals surface area contributed by atoms with Crippen molar-refractivity contribution in [3.05, 3.63) is 57.6 Å². The molecule has 7 nitrogen and oxygen atoms in total. The number of carbonyl (C=O) groups is 1. The highest BCUT2D eigenvalue weighted by Gasteiger charge is 2.18. The lowest BCUT2D eigenvalue weighted by atomic mass is 9.84. The molecule has 0 heterocycles. The molecule has 0 spiro atoms. The number of nitro groups is 1. The summed E-state index contributed by atoms with van der Waals surface area (Å²) in [6, 6.07) is 10.4. The number of hydrogen-bond donors (Lipinski definition) is 1. The molecule has 2 aromatic rings. The summed E-state index contributed by atoms with van der Waals surface area (Å²) in [5.74, 6) is 0.762. The average molecular weight is 457 g/mol. The van der Waals surface area contributed by atoms with E-state index in [1.165, 1.54) is 30.7 Å². The second-order valence-corrected chi connectivity index (χ2v) is 10.7. The van der Waals surface area contributed by atoms with Crippen LogP contribution in [-0.4, -0.2) is 24.0 Å². The van der Waals surface area contributed by atoms with Gasteiger partial charge in [-0.15, -0.1) is 0 Å². The van der Waals surface area contributed by atoms with Crippen molar-refractivity contribution in [1.29, 1.82) is 0 Å². The van der Waals surface area contributed by atoms with Crippen LogP contribution in [0.15, 0.2) is 36.4 Å². The number of rotatable bonds is 9. The van der Waals surface area contributed by atoms with Crippen LogP contribution in [0.4, 0.5) is 11.4 Å². The first-order valence-corrected chi connectivity index (χ1v) is 11.2. The molecule has 0 atom stereocenters. The van der Waals surface area contributed by atoms with Gasteiger partial charge in [-0.3, -0.25) is 14.9 Å². The average Bonchev–Trinajstić information content (AvgIpc) is 2.64. The van der Waals surface area contributed by atoms with Crippen LogP contribution in [0.25, 0.3) is 0 Å². The van der Waals surface area contributed by atoms with Crippen LogP contribution in [0.5, 0.6) is 11.5 Å². The van der Waals surface area contributed by atoms with Gasteiger partial charge in [-0.25, -0.2) is 0 Å². The largest absolute Gasteiger partial charge is 0.490 e. The second-order valence-electron chi connectivity index (χ2n) is 10.7. The molecule has 180 valence electrons. The van der Waals surface area contributed by atoms with Gasteiger partial charge in [0.2, 0.25) is 5.91 Å². The third-order valence-electron chi connectivity index (χ3n) is 4.67. The van der Waals surface area contributed by atoms with Gasteiger partial charge in [0.1, 0.15) is 24.7 Å². The van der Waals surface area contributed by atoms with Crippen LogP contribution in [0.1, 0.15) is 59.6 Å². The summed E-state index contributed by atoms with van der Waals surface area (Å²) in [5.41, 5.74) is 3.00. The van der Waals surface area contributed by atoms with Gasteiger partial charge >= 0.3 is 0 Å². The minimum absolute atomic E-state index is 0.102. The first-order chi connectivity index (χ1) is 15.2. The van der Waals surface area contributed by atoms with Crippen LogP contribution in [0.2, 0.25) is 0 Å². The van der Waals surface area contributed by atoms with E-state index in [4.69, 9.17) is 9.47 Å². The molecule has 2 aromatic carbocycles. The highest BCUT2D eigenvalue weighted by molar-refractivity contribution is 5.90. The molecule has 0 saturated carbocycles. The molecular weight excluding hydrogens is 420 g/mol. The number of ether oxygens (including phenoxy) is 2. The van der Waals surface area contributed by atoms with Crippen molar-refractivity contribution < 1.29 is 19.2 Å². The number of nitrogens with one attached hydrogen (secondary N) is 1. The number of hydrogen-bond acceptors (Lipinski definition) is 5. The number of nitro benzene ring substituents is 1. The molecule has 0 fully saturated rings. The maximum absolute atomic E-state index is 11.4. The summed E-state index contributed by atoms with van der Waals surface area (Å²) in [7, 11) is 0. The Bertz CT molecular complexity index is 987. The van der Waals surface area contributed by atoms with E-state index in [0.717, 1.165) is 24.2 Å². The Balaban J connectivity index is 2.12. The number of nitrogens with zero attached hydrogens (tertiary/aromatic N) is 1. The summed E-state index contributed by atoms with van der Waals surface area (Å²) in [6.07, 6.45) is 1.85. The van der Waals surface area contributed by atoms with E-state index in [1.807, 2.05) is 6.07 Å². The minimum Gasteiger partial charge on any atom is -0.490 e. The molecule has 0 aromatic heterocycles. The highest BCUT2D eigenvalue weighted by atomic mass is 16.6. The van der Waals surface area contributed by atoms with E-state index >= 15 is 0 Å². The van der Waals surface area contributed by atoms with Crippen molar-refractivity contribution >= 4 is 17.3 Å². The Morgan fingerprint density at radius 2 is 1.52 bits per heavy atom. The van der Waals surface area contributed by atoms with Crippen molar-refractivity contribution in [1.82, 2.24) is 0 Å². The molecular formula is C26H36N2O5. The summed E-state index contributed by atoms with van der Waals surface area (Å²) in [4.78, 5) is 22.0. The molecule has 0 aliphatic rings. The molecule has 33 heavy (non-hydrogen) atoms. The molecule has 0 radical (unpaired) electrons. The van der Waals surface area contributed by atoms with Crippen molar-refractivity contribution in [2.45, 2.75) is 61.3 Å². The predicted octanol–water partition coefficient (Wildman–Crippen LogP) is 6.19. The van der Waals surface area contributed by atoms with Gasteiger partial charge in [0.25, 0.3) is 5.69 Å². The topological polar surface area (TPSA) is 90.7 Å². The lowest BCUT2D eigenvalue weighted by molar-refractivity contribution is -0.384. The van der Waals surface area contributed by atoms with Gasteiger partial charge < -0.3 is 14.8 Å². The Hall–Kier alpha value is -3.09. The molecule has 7 heteroatoms. The van der Waals surface area contributed by atoms with Gasteiger partial charge in [0.15, 0.2) is 0 Å². The maximum Gasteiger partial charge on any atom is 0.273 e. The standard InChI is InChI=1S/C26H36N2O5/c1-18(29)27-22-10-9-21(28(30)31)15-24(22)33-13-12-32-23-11-8-19(16-25(2,3)4)14-20(23)17-26(5,6)7/h8-11,14-15H,12-13,16-17H2,1-7H3,(H,27,29). The van der Waals surface area contributed by atoms with Gasteiger partial charge in [0, 0.05) is 13.0 Å². The number of carbonyl (C=O) groups excluding carboxylic acids is 1. The number of non-ortho nitro benzene ring substituents is 1. The van der Waals surface area contributed by atoms with Crippen LogP contribution >= 0.6 is 0 Å². The Morgan fingerprint density at radius 3 is 2.06 bits per heavy atom. The van der Waals surface area contributed by atoms with E-state index < -0.39 is 4.92 Å². The van der Waals surface area contributed by atoms with Crippen LogP contribution in [0, 0.1) is 20.9 Å². The minimum atomic E-state index is -0.501. The van der Waals surface area contributed by atoms with Crippen LogP contribution in [-0.2, 0) is 17.6 Å². The Labute approximate surface area is 196 Å². The first kappa shape index (κ1) is 26.2. The summed E-state index contributed by atoms with van der Waals surface area (Å²) >= 11 is 0. The summed E-state index contributed by atoms with van der Waals surface area (Å²) in [5, 5.41) is 13.7. The van der Waals surface area contributed by atoms with E-state index in [9.17, 15) is 14.9 Å². The Kier molecular flexibility index (Phi) is 8.47. The molecule has 2 rings (SSSR count). The SMILES string of the molecule is CC(=O)Nc1ccc([N+](=O)[O-])cc1OCCOc1ccc(CC(C)(C)C)cc1CC(C)(C)C. The predicted molar refractivity (Wildman–Crippen MR) is 131 cm³/mol. The molecule has 0 aliphatic carbocycles. The second kappa shape index (κ2) is 10.7. The molecule has 0 aliphatic heterocycles. The molecule has 1 amide bonds. The highest BCUT2D eigenvalue weighted by Crippen LogP contribution is 2.32. The number of amides is 1. The number of benzene rings is 2. The van der Waals surface area contributed by atoms with E-state index in [-0.39, 0.29) is 41.4 Å². The summed E-state index contributed by atoms with van der Waals surface area (Å²) < 4.78 is 11.8. The smallest absolute Gasteiger partial charge is 0.273 e. The molecule has 0 saturated heterocycles. The summed E-state index contributed by atoms with van der Waals surface area (Å²) in [6.45, 7) is 15.1. The normalized spacial score (nSPS) is 11.7. The quantitative estimate of drug-likeness (QED) is 0.276. The van der Waals surface area contributed by atoms with Crippen LogP contribution < -0.4 is 14.8 Å². The zero-order chi connectivity index (χ0) is 24.8. The fourth-order valence-electron chi connectivity index (χ4n) is 3.55. The van der Waals surface area contributed by atoms with Crippen molar-refractivity contribution in [2.24, 2.45) is 10.8 Å². The number of anilines is 1. The fourth-order valence-corrected chi connectivity index (χ4v) is 3.55. The monoisotopic (exact) mass is 456 g/mol. The third-order valence-corrected chi connectivity index (χ3v) is 4.67. The van der Waals surface area contributed by atoms with Gasteiger partial charge in [-0.2, -0.15) is 0 Å². The molecule has 0 unspecified atom stereocenters. The van der Waals surface area contributed by atoms with E-state index in [2.05, 4.69) is 59.0 Å². The maximum atomic E-state index is 11.4. The van der Waals surface area contributed by atoms with E-state index in [0.29, 0.717) is 5.69 Å². The third kappa shape index (κ3) is 9.12. The Morgan fingerprint density at radius 1 is 0.909 bits per heavy atom. The van der Waals surface area contributed by atoms with Gasteiger partial charge in [0.05, 0.1) is 16.7 Å². The van der Waals surface area contributed by atoms with Crippen molar-refractivity contribution in [3.63, 3.8) is 0 Å². The van der Waals surface area contributed by atoms with Crippen LogP contribution in [0.3, 0.4) is 0 Å². The molecule has 0 bridgehead atoms. The van der Waals surface area contributed by atoms with Gasteiger partial charge in [-0.1, -0.05) is 53.7 Å². The zero-order valence-electron chi connectivity index (χ0n) is 20.8. The van der Waals surface area contributed by atoms with Crippen molar-refractivity contribution in [2.75, 3.05) is 18.5 Å². The van der Waals surface area contributed by atoms with Gasteiger partial charge in [-0.05, 0) is 46.9 Å². The zero-order valence-corrected chi connectivity index (χ0v) is 20.8. The fraction of sp³-hybridized carbons (Fsp3) is 0.500. The molecule has 1 N–H and O–H groups in total. The van der Waals surface area contributed by atoms with Crippen molar-refractivity contribution in [3.8, 4) is 11.5 Å².